The lowest BCUT2D eigenvalue weighted by molar-refractivity contribution is -0.00577. The van der Waals surface area contributed by atoms with Crippen LogP contribution in [0.1, 0.15) is 35.0 Å². The van der Waals surface area contributed by atoms with Crippen LogP contribution in [0.25, 0.3) is 0 Å². The van der Waals surface area contributed by atoms with Crippen molar-refractivity contribution in [2.75, 3.05) is 26.4 Å². The molecule has 1 aromatic heterocycles. The predicted octanol–water partition coefficient (Wildman–Crippen LogP) is 1.99. The molecule has 2 heterocycles. The molecule has 1 aliphatic rings. The second-order valence-corrected chi connectivity index (χ2v) is 5.22. The normalized spacial score (nSPS) is 18.0. The Kier molecular flexibility index (Phi) is 4.57. The monoisotopic (exact) mass is 317 g/mol. The molecule has 0 aliphatic carbocycles. The van der Waals surface area contributed by atoms with Gasteiger partial charge in [-0.05, 0) is 31.2 Å². The number of rotatable bonds is 4. The van der Waals surface area contributed by atoms with Crippen LogP contribution in [-0.4, -0.2) is 47.3 Å². The number of ether oxygens (including phenoxy) is 2. The average Bonchev–Trinajstić information content (AvgIpc) is 3.02. The third-order valence-electron chi connectivity index (χ3n) is 3.64. The van der Waals surface area contributed by atoms with Crippen LogP contribution < -0.4 is 4.74 Å². The summed E-state index contributed by atoms with van der Waals surface area (Å²) < 4.78 is 15.9. The van der Waals surface area contributed by atoms with Crippen LogP contribution >= 0.6 is 0 Å². The maximum atomic E-state index is 12.8. The maximum absolute atomic E-state index is 12.8. The number of hydrogen-bond donors (Lipinski definition) is 0. The van der Waals surface area contributed by atoms with E-state index in [9.17, 15) is 4.79 Å². The molecule has 0 radical (unpaired) electrons. The zero-order chi connectivity index (χ0) is 16.2. The molecule has 122 valence electrons. The molecule has 7 nitrogen and oxygen atoms in total. The van der Waals surface area contributed by atoms with Crippen LogP contribution in [0, 0.1) is 6.92 Å². The Morgan fingerprint density at radius 2 is 2.17 bits per heavy atom. The van der Waals surface area contributed by atoms with Crippen molar-refractivity contribution in [3.8, 4) is 5.75 Å². The Labute approximate surface area is 134 Å². The first-order valence-electron chi connectivity index (χ1n) is 7.61. The molecule has 3 rings (SSSR count). The summed E-state index contributed by atoms with van der Waals surface area (Å²) in [7, 11) is 0. The lowest BCUT2D eigenvalue weighted by Crippen LogP contribution is -2.43. The second-order valence-electron chi connectivity index (χ2n) is 5.22. The summed E-state index contributed by atoms with van der Waals surface area (Å²) in [6.45, 7) is 5.58. The van der Waals surface area contributed by atoms with Gasteiger partial charge in [0.15, 0.2) is 5.82 Å². The fourth-order valence-electron chi connectivity index (χ4n) is 2.54. The molecule has 1 aromatic carbocycles. The molecule has 1 saturated heterocycles. The zero-order valence-electron chi connectivity index (χ0n) is 13.2. The lowest BCUT2D eigenvalue weighted by atomic mass is 10.1. The van der Waals surface area contributed by atoms with E-state index in [1.807, 2.05) is 6.92 Å². The summed E-state index contributed by atoms with van der Waals surface area (Å²) >= 11 is 0. The number of carbonyl (C=O) groups is 1. The maximum Gasteiger partial charge on any atom is 0.254 e. The lowest BCUT2D eigenvalue weighted by Gasteiger charge is -2.33. The molecule has 23 heavy (non-hydrogen) atoms. The standard InChI is InChI=1S/C16H19N3O4/c1-3-22-13-6-4-12(5-7-13)16(20)19-8-9-21-10-14(19)15-17-11(2)23-18-15/h4-7,14H,3,8-10H2,1-2H3. The summed E-state index contributed by atoms with van der Waals surface area (Å²) in [6.07, 6.45) is 0. The summed E-state index contributed by atoms with van der Waals surface area (Å²) in [5, 5.41) is 3.92. The first-order valence-corrected chi connectivity index (χ1v) is 7.61. The largest absolute Gasteiger partial charge is 0.494 e. The Morgan fingerprint density at radius 1 is 1.39 bits per heavy atom. The highest BCUT2D eigenvalue weighted by molar-refractivity contribution is 5.94. The molecule has 0 saturated carbocycles. The van der Waals surface area contributed by atoms with Crippen LogP contribution in [-0.2, 0) is 4.74 Å². The van der Waals surface area contributed by atoms with Gasteiger partial charge in [0.2, 0.25) is 5.89 Å². The van der Waals surface area contributed by atoms with Crippen molar-refractivity contribution in [2.24, 2.45) is 0 Å². The smallest absolute Gasteiger partial charge is 0.254 e. The molecule has 1 aliphatic heterocycles. The Balaban J connectivity index is 1.80. The zero-order valence-corrected chi connectivity index (χ0v) is 13.2. The second kappa shape index (κ2) is 6.78. The SMILES string of the molecule is CCOc1ccc(C(=O)N2CCOCC2c2noc(C)n2)cc1. The highest BCUT2D eigenvalue weighted by Gasteiger charge is 2.32. The van der Waals surface area contributed by atoms with E-state index in [1.165, 1.54) is 0 Å². The minimum absolute atomic E-state index is 0.0798. The van der Waals surface area contributed by atoms with Crippen molar-refractivity contribution < 1.29 is 18.8 Å². The molecule has 1 fully saturated rings. The van der Waals surface area contributed by atoms with E-state index >= 15 is 0 Å². The number of benzene rings is 1. The van der Waals surface area contributed by atoms with E-state index in [4.69, 9.17) is 14.0 Å². The number of nitrogens with zero attached hydrogens (tertiary/aromatic N) is 3. The number of amides is 1. The van der Waals surface area contributed by atoms with Gasteiger partial charge >= 0.3 is 0 Å². The van der Waals surface area contributed by atoms with Crippen LogP contribution in [0.2, 0.25) is 0 Å². The van der Waals surface area contributed by atoms with Gasteiger partial charge in [-0.15, -0.1) is 0 Å². The van der Waals surface area contributed by atoms with E-state index in [0.29, 0.717) is 43.6 Å². The number of aromatic nitrogens is 2. The van der Waals surface area contributed by atoms with Crippen LogP contribution in [0.4, 0.5) is 0 Å². The highest BCUT2D eigenvalue weighted by atomic mass is 16.5. The van der Waals surface area contributed by atoms with Gasteiger partial charge in [-0.3, -0.25) is 4.79 Å². The number of hydrogen-bond acceptors (Lipinski definition) is 6. The van der Waals surface area contributed by atoms with Crippen molar-refractivity contribution in [2.45, 2.75) is 19.9 Å². The molecule has 7 heteroatoms. The summed E-state index contributed by atoms with van der Waals surface area (Å²) in [5.41, 5.74) is 0.598. The van der Waals surface area contributed by atoms with Gasteiger partial charge in [0.25, 0.3) is 5.91 Å². The summed E-state index contributed by atoms with van der Waals surface area (Å²) in [4.78, 5) is 18.8. The van der Waals surface area contributed by atoms with Crippen LogP contribution in [0.15, 0.2) is 28.8 Å². The van der Waals surface area contributed by atoms with Gasteiger partial charge in [-0.25, -0.2) is 0 Å². The van der Waals surface area contributed by atoms with Gasteiger partial charge in [0.1, 0.15) is 11.8 Å². The van der Waals surface area contributed by atoms with E-state index < -0.39 is 0 Å². The average molecular weight is 317 g/mol. The topological polar surface area (TPSA) is 77.7 Å². The van der Waals surface area contributed by atoms with Gasteiger partial charge in [0.05, 0.1) is 19.8 Å². The third-order valence-corrected chi connectivity index (χ3v) is 3.64. The van der Waals surface area contributed by atoms with E-state index in [0.717, 1.165) is 5.75 Å². The van der Waals surface area contributed by atoms with E-state index in [1.54, 1.807) is 36.1 Å². The molecular weight excluding hydrogens is 298 g/mol. The highest BCUT2D eigenvalue weighted by Crippen LogP contribution is 2.24. The fraction of sp³-hybridized carbons (Fsp3) is 0.438. The minimum atomic E-state index is -0.333. The molecule has 2 aromatic rings. The first-order chi connectivity index (χ1) is 11.2. The van der Waals surface area contributed by atoms with E-state index in [2.05, 4.69) is 10.1 Å². The Morgan fingerprint density at radius 3 is 2.83 bits per heavy atom. The summed E-state index contributed by atoms with van der Waals surface area (Å²) in [5.74, 6) is 1.61. The van der Waals surface area contributed by atoms with E-state index in [-0.39, 0.29) is 11.9 Å². The van der Waals surface area contributed by atoms with Crippen LogP contribution in [0.3, 0.4) is 0 Å². The first kappa shape index (κ1) is 15.5. The van der Waals surface area contributed by atoms with Gasteiger partial charge < -0.3 is 18.9 Å². The summed E-state index contributed by atoms with van der Waals surface area (Å²) in [6, 6.07) is 6.79. The Hall–Kier alpha value is -2.41. The number of carbonyl (C=O) groups excluding carboxylic acids is 1. The van der Waals surface area contributed by atoms with Crippen molar-refractivity contribution in [1.82, 2.24) is 15.0 Å². The molecular formula is C16H19N3O4. The van der Waals surface area contributed by atoms with Crippen molar-refractivity contribution in [3.05, 3.63) is 41.5 Å². The third kappa shape index (κ3) is 3.34. The molecule has 0 spiro atoms. The number of aryl methyl sites for hydroxylation is 1. The van der Waals surface area contributed by atoms with Gasteiger partial charge in [0, 0.05) is 19.0 Å². The van der Waals surface area contributed by atoms with Crippen molar-refractivity contribution in [3.63, 3.8) is 0 Å². The van der Waals surface area contributed by atoms with Crippen molar-refractivity contribution in [1.29, 1.82) is 0 Å². The quantitative estimate of drug-likeness (QED) is 0.858. The van der Waals surface area contributed by atoms with Crippen molar-refractivity contribution >= 4 is 5.91 Å². The Bertz CT molecular complexity index is 668. The fourth-order valence-corrected chi connectivity index (χ4v) is 2.54. The molecule has 1 amide bonds. The van der Waals surface area contributed by atoms with Crippen LogP contribution in [0.5, 0.6) is 5.75 Å². The minimum Gasteiger partial charge on any atom is -0.494 e. The molecule has 0 bridgehead atoms. The predicted molar refractivity (Wildman–Crippen MR) is 81.2 cm³/mol. The van der Waals surface area contributed by atoms with Gasteiger partial charge in [-0.2, -0.15) is 4.98 Å². The number of morpholine rings is 1. The molecule has 0 N–H and O–H groups in total. The van der Waals surface area contributed by atoms with Gasteiger partial charge in [-0.1, -0.05) is 5.16 Å². The molecule has 1 unspecified atom stereocenters. The molecule has 1 atom stereocenters.